The zero-order chi connectivity index (χ0) is 21.2. The Bertz CT molecular complexity index is 1300. The molecule has 0 fully saturated rings. The number of fused-ring (bicyclic) bond motifs is 4. The number of nitrogens with two attached hydrogens (primary N) is 1. The first-order chi connectivity index (χ1) is 15.2. The van der Waals surface area contributed by atoms with Gasteiger partial charge in [0, 0.05) is 11.5 Å². The quantitative estimate of drug-likeness (QED) is 0.493. The van der Waals surface area contributed by atoms with Gasteiger partial charge in [-0.15, -0.1) is 0 Å². The lowest BCUT2D eigenvalue weighted by molar-refractivity contribution is 0.144. The SMILES string of the molecule is Nc1nc2cc(C#CCNC(=O)OCC3c4ccccc4-c4ccccc43)ccc2o1. The van der Waals surface area contributed by atoms with Crippen molar-refractivity contribution in [2.24, 2.45) is 0 Å². The molecule has 1 amide bonds. The Morgan fingerprint density at radius 2 is 1.77 bits per heavy atom. The number of oxazole rings is 1. The second-order valence-corrected chi connectivity index (χ2v) is 7.22. The Morgan fingerprint density at radius 3 is 2.52 bits per heavy atom. The molecule has 0 saturated heterocycles. The van der Waals surface area contributed by atoms with Gasteiger partial charge in [-0.25, -0.2) is 4.79 Å². The summed E-state index contributed by atoms with van der Waals surface area (Å²) in [7, 11) is 0. The van der Waals surface area contributed by atoms with Crippen LogP contribution in [-0.4, -0.2) is 24.2 Å². The van der Waals surface area contributed by atoms with Crippen LogP contribution in [0.1, 0.15) is 22.6 Å². The van der Waals surface area contributed by atoms with Crippen molar-refractivity contribution in [1.82, 2.24) is 10.3 Å². The number of rotatable bonds is 3. The van der Waals surface area contributed by atoms with Crippen LogP contribution < -0.4 is 11.1 Å². The van der Waals surface area contributed by atoms with E-state index in [2.05, 4.69) is 46.4 Å². The number of nitrogen functional groups attached to an aromatic ring is 1. The lowest BCUT2D eigenvalue weighted by Gasteiger charge is -2.14. The van der Waals surface area contributed by atoms with Gasteiger partial charge in [-0.3, -0.25) is 0 Å². The van der Waals surface area contributed by atoms with Gasteiger partial charge < -0.3 is 20.2 Å². The molecule has 0 spiro atoms. The Balaban J connectivity index is 1.19. The maximum atomic E-state index is 12.2. The molecule has 0 radical (unpaired) electrons. The molecule has 1 aromatic heterocycles. The molecule has 0 atom stereocenters. The van der Waals surface area contributed by atoms with Crippen LogP contribution in [0.15, 0.2) is 71.1 Å². The number of carbonyl (C=O) groups excluding carboxylic acids is 1. The van der Waals surface area contributed by atoms with E-state index in [1.807, 2.05) is 30.3 Å². The van der Waals surface area contributed by atoms with E-state index in [9.17, 15) is 4.79 Å². The summed E-state index contributed by atoms with van der Waals surface area (Å²) in [6, 6.07) is 22.0. The van der Waals surface area contributed by atoms with Crippen LogP contribution in [0.25, 0.3) is 22.2 Å². The van der Waals surface area contributed by atoms with Gasteiger partial charge in [0.15, 0.2) is 5.58 Å². The minimum absolute atomic E-state index is 0.0332. The fourth-order valence-corrected chi connectivity index (χ4v) is 3.94. The summed E-state index contributed by atoms with van der Waals surface area (Å²) in [6.45, 7) is 0.452. The predicted molar refractivity (Wildman–Crippen MR) is 118 cm³/mol. The second-order valence-electron chi connectivity index (χ2n) is 7.22. The average Bonchev–Trinajstić information content (AvgIpc) is 3.32. The maximum Gasteiger partial charge on any atom is 0.407 e. The lowest BCUT2D eigenvalue weighted by atomic mass is 9.98. The number of hydrogen-bond acceptors (Lipinski definition) is 5. The van der Waals surface area contributed by atoms with Crippen LogP contribution >= 0.6 is 0 Å². The minimum atomic E-state index is -0.490. The van der Waals surface area contributed by atoms with E-state index in [1.54, 1.807) is 12.1 Å². The highest BCUT2D eigenvalue weighted by molar-refractivity contribution is 5.79. The number of hydrogen-bond donors (Lipinski definition) is 2. The smallest absolute Gasteiger partial charge is 0.407 e. The molecule has 5 rings (SSSR count). The molecule has 4 aromatic rings. The number of benzene rings is 3. The number of nitrogens with one attached hydrogen (secondary N) is 1. The summed E-state index contributed by atoms with van der Waals surface area (Å²) >= 11 is 0. The molecule has 0 unspecified atom stereocenters. The Morgan fingerprint density at radius 1 is 1.06 bits per heavy atom. The van der Waals surface area contributed by atoms with Gasteiger partial charge in [0.05, 0.1) is 6.54 Å². The van der Waals surface area contributed by atoms with Crippen LogP contribution in [0, 0.1) is 11.8 Å². The normalized spacial score (nSPS) is 12.0. The first kappa shape index (κ1) is 18.8. The van der Waals surface area contributed by atoms with Gasteiger partial charge in [-0.2, -0.15) is 4.98 Å². The third-order valence-corrected chi connectivity index (χ3v) is 5.30. The first-order valence-electron chi connectivity index (χ1n) is 9.93. The molecular formula is C25H19N3O3. The number of alkyl carbamates (subject to hydrolysis) is 1. The molecule has 1 heterocycles. The molecule has 0 aliphatic heterocycles. The van der Waals surface area contributed by atoms with E-state index in [0.717, 1.165) is 5.56 Å². The Labute approximate surface area is 179 Å². The molecule has 6 nitrogen and oxygen atoms in total. The average molecular weight is 409 g/mol. The van der Waals surface area contributed by atoms with Crippen molar-refractivity contribution in [1.29, 1.82) is 0 Å². The third kappa shape index (κ3) is 3.69. The molecule has 3 aromatic carbocycles. The number of aromatic nitrogens is 1. The molecule has 152 valence electrons. The Hall–Kier alpha value is -4.24. The molecule has 31 heavy (non-hydrogen) atoms. The first-order valence-corrected chi connectivity index (χ1v) is 9.93. The van der Waals surface area contributed by atoms with Crippen LogP contribution in [0.5, 0.6) is 0 Å². The van der Waals surface area contributed by atoms with E-state index in [-0.39, 0.29) is 25.1 Å². The van der Waals surface area contributed by atoms with E-state index in [4.69, 9.17) is 14.9 Å². The van der Waals surface area contributed by atoms with Gasteiger partial charge in [0.25, 0.3) is 6.01 Å². The summed E-state index contributed by atoms with van der Waals surface area (Å²) in [4.78, 5) is 16.3. The van der Waals surface area contributed by atoms with Crippen molar-refractivity contribution >= 4 is 23.2 Å². The van der Waals surface area contributed by atoms with Gasteiger partial charge >= 0.3 is 6.09 Å². The van der Waals surface area contributed by atoms with E-state index in [0.29, 0.717) is 11.1 Å². The molecule has 0 bridgehead atoms. The third-order valence-electron chi connectivity index (χ3n) is 5.30. The van der Waals surface area contributed by atoms with Crippen molar-refractivity contribution in [2.45, 2.75) is 5.92 Å². The van der Waals surface area contributed by atoms with Crippen molar-refractivity contribution in [3.63, 3.8) is 0 Å². The molecule has 3 N–H and O–H groups in total. The summed E-state index contributed by atoms with van der Waals surface area (Å²) in [6.07, 6.45) is -0.490. The zero-order valence-electron chi connectivity index (χ0n) is 16.6. The highest BCUT2D eigenvalue weighted by Crippen LogP contribution is 2.44. The lowest BCUT2D eigenvalue weighted by Crippen LogP contribution is -2.26. The highest BCUT2D eigenvalue weighted by Gasteiger charge is 2.28. The molecule has 6 heteroatoms. The predicted octanol–water partition coefficient (Wildman–Crippen LogP) is 4.30. The molecule has 1 aliphatic rings. The largest absolute Gasteiger partial charge is 0.449 e. The summed E-state index contributed by atoms with van der Waals surface area (Å²) < 4.78 is 10.7. The van der Waals surface area contributed by atoms with Crippen LogP contribution in [0.3, 0.4) is 0 Å². The maximum absolute atomic E-state index is 12.2. The number of amides is 1. The Kier molecular flexibility index (Phi) is 4.77. The van der Waals surface area contributed by atoms with Gasteiger partial charge in [0.1, 0.15) is 12.1 Å². The van der Waals surface area contributed by atoms with Gasteiger partial charge in [-0.1, -0.05) is 60.4 Å². The fourth-order valence-electron chi connectivity index (χ4n) is 3.94. The van der Waals surface area contributed by atoms with Crippen molar-refractivity contribution in [3.8, 4) is 23.0 Å². The summed E-state index contributed by atoms with van der Waals surface area (Å²) in [5.41, 5.74) is 12.3. The monoisotopic (exact) mass is 409 g/mol. The second kappa shape index (κ2) is 7.88. The minimum Gasteiger partial charge on any atom is -0.449 e. The number of ether oxygens (including phenoxy) is 1. The van der Waals surface area contributed by atoms with E-state index in [1.165, 1.54) is 22.3 Å². The summed E-state index contributed by atoms with van der Waals surface area (Å²) in [5, 5.41) is 2.68. The van der Waals surface area contributed by atoms with Crippen LogP contribution in [-0.2, 0) is 4.74 Å². The van der Waals surface area contributed by atoms with Crippen LogP contribution in [0.4, 0.5) is 10.8 Å². The molecule has 1 aliphatic carbocycles. The number of anilines is 1. The van der Waals surface area contributed by atoms with Crippen LogP contribution in [0.2, 0.25) is 0 Å². The molecular weight excluding hydrogens is 390 g/mol. The molecule has 0 saturated carbocycles. The zero-order valence-corrected chi connectivity index (χ0v) is 16.6. The van der Waals surface area contributed by atoms with Crippen molar-refractivity contribution in [2.75, 3.05) is 18.9 Å². The van der Waals surface area contributed by atoms with E-state index >= 15 is 0 Å². The standard InChI is InChI=1S/C25H19N3O3/c26-24-28-22-14-16(11-12-23(22)31-24)6-5-13-27-25(29)30-15-21-19-9-3-1-7-17(19)18-8-2-4-10-20(18)21/h1-4,7-12,14,21H,13,15H2,(H2,26,28)(H,27,29). The van der Waals surface area contributed by atoms with Crippen molar-refractivity contribution in [3.05, 3.63) is 83.4 Å². The topological polar surface area (TPSA) is 90.4 Å². The number of nitrogens with zero attached hydrogens (tertiary/aromatic N) is 1. The van der Waals surface area contributed by atoms with Gasteiger partial charge in [0.2, 0.25) is 0 Å². The highest BCUT2D eigenvalue weighted by atomic mass is 16.5. The van der Waals surface area contributed by atoms with Gasteiger partial charge in [-0.05, 0) is 40.5 Å². The number of carbonyl (C=O) groups is 1. The fraction of sp³-hybridized carbons (Fsp3) is 0.120. The van der Waals surface area contributed by atoms with E-state index < -0.39 is 6.09 Å². The van der Waals surface area contributed by atoms with Crippen molar-refractivity contribution < 1.29 is 13.9 Å². The summed E-state index contributed by atoms with van der Waals surface area (Å²) in [5.74, 6) is 5.93.